The fraction of sp³-hybridized carbons (Fsp3) is 0.222. The summed E-state index contributed by atoms with van der Waals surface area (Å²) in [5.74, 6) is 5.24. The number of aryl methyl sites for hydroxylation is 1. The Bertz CT molecular complexity index is 555. The molecule has 2 rings (SSSR count). The summed E-state index contributed by atoms with van der Waals surface area (Å²) in [5.41, 5.74) is 3.17. The summed E-state index contributed by atoms with van der Waals surface area (Å²) in [6, 6.07) is 3.35. The molecule has 0 fully saturated rings. The van der Waals surface area contributed by atoms with Gasteiger partial charge < -0.3 is 0 Å². The van der Waals surface area contributed by atoms with Gasteiger partial charge >= 0.3 is 0 Å². The Morgan fingerprint density at radius 2 is 2.44 bits per heavy atom. The van der Waals surface area contributed by atoms with Crippen molar-refractivity contribution in [3.63, 3.8) is 0 Å². The van der Waals surface area contributed by atoms with Gasteiger partial charge in [-0.05, 0) is 22.6 Å². The van der Waals surface area contributed by atoms with Crippen LogP contribution in [0.4, 0.5) is 0 Å². The molecule has 0 spiro atoms. The summed E-state index contributed by atoms with van der Waals surface area (Å²) in [4.78, 5) is 15.7. The van der Waals surface area contributed by atoms with Gasteiger partial charge in [-0.15, -0.1) is 5.10 Å². The Hall–Kier alpha value is -2.00. The van der Waals surface area contributed by atoms with Crippen molar-refractivity contribution in [3.05, 3.63) is 29.6 Å². The minimum absolute atomic E-state index is 0.366. The highest BCUT2D eigenvalue weighted by atomic mass is 32.2. The molecule has 1 amide bonds. The van der Waals surface area contributed by atoms with Gasteiger partial charge in [-0.1, -0.05) is 11.8 Å². The van der Waals surface area contributed by atoms with E-state index >= 15 is 0 Å². The second-order valence-corrected chi connectivity index (χ2v) is 4.29. The van der Waals surface area contributed by atoms with Gasteiger partial charge in [0.25, 0.3) is 5.91 Å². The van der Waals surface area contributed by atoms with Crippen molar-refractivity contribution in [1.29, 1.82) is 0 Å². The van der Waals surface area contributed by atoms with E-state index in [-0.39, 0.29) is 5.91 Å². The minimum atomic E-state index is -0.366. The first kappa shape index (κ1) is 12.5. The number of aromatic nitrogens is 5. The number of nitrogens with two attached hydrogens (primary N) is 1. The number of hydrogen-bond donors (Lipinski definition) is 2. The van der Waals surface area contributed by atoms with Crippen molar-refractivity contribution in [2.75, 3.05) is 0 Å². The standard InChI is InChI=1S/C9H11N7OS/c1-16-9(13-14-15-16)18-5-7-6(8(17)12-10)3-2-4-11-7/h2-4H,5,10H2,1H3,(H,12,17). The summed E-state index contributed by atoms with van der Waals surface area (Å²) in [6.07, 6.45) is 1.62. The molecule has 0 aromatic carbocycles. The van der Waals surface area contributed by atoms with Crippen molar-refractivity contribution >= 4 is 17.7 Å². The molecule has 0 atom stereocenters. The summed E-state index contributed by atoms with van der Waals surface area (Å²) in [5, 5.41) is 11.7. The van der Waals surface area contributed by atoms with E-state index in [0.717, 1.165) is 0 Å². The molecule has 0 saturated carbocycles. The molecule has 0 aliphatic heterocycles. The highest BCUT2D eigenvalue weighted by Gasteiger charge is 2.12. The van der Waals surface area contributed by atoms with Gasteiger partial charge in [-0.3, -0.25) is 15.2 Å². The molecule has 9 heteroatoms. The first-order chi connectivity index (χ1) is 8.72. The van der Waals surface area contributed by atoms with Crippen LogP contribution >= 0.6 is 11.8 Å². The normalized spacial score (nSPS) is 10.3. The molecular formula is C9H11N7OS. The van der Waals surface area contributed by atoms with Crippen molar-refractivity contribution in [1.82, 2.24) is 30.6 Å². The Morgan fingerprint density at radius 3 is 3.11 bits per heavy atom. The third-order valence-corrected chi connectivity index (χ3v) is 3.21. The number of carbonyl (C=O) groups excluding carboxylic acids is 1. The molecule has 0 unspecified atom stereocenters. The van der Waals surface area contributed by atoms with E-state index in [1.54, 1.807) is 30.1 Å². The van der Waals surface area contributed by atoms with E-state index in [9.17, 15) is 4.79 Å². The Kier molecular flexibility index (Phi) is 3.85. The predicted molar refractivity (Wildman–Crippen MR) is 64.2 cm³/mol. The first-order valence-electron chi connectivity index (χ1n) is 5.02. The molecule has 0 aliphatic rings. The molecule has 2 aromatic rings. The number of hydrogen-bond acceptors (Lipinski definition) is 7. The molecule has 8 nitrogen and oxygen atoms in total. The molecule has 2 heterocycles. The van der Waals surface area contributed by atoms with Crippen molar-refractivity contribution in [2.45, 2.75) is 10.9 Å². The van der Waals surface area contributed by atoms with Crippen molar-refractivity contribution in [2.24, 2.45) is 12.9 Å². The number of amides is 1. The maximum absolute atomic E-state index is 11.5. The lowest BCUT2D eigenvalue weighted by molar-refractivity contribution is 0.0952. The smallest absolute Gasteiger partial charge is 0.267 e. The lowest BCUT2D eigenvalue weighted by Crippen LogP contribution is -2.31. The largest absolute Gasteiger partial charge is 0.290 e. The molecule has 0 aliphatic carbocycles. The molecule has 94 valence electrons. The van der Waals surface area contributed by atoms with E-state index in [4.69, 9.17) is 5.84 Å². The van der Waals surface area contributed by atoms with Crippen LogP contribution in [0.2, 0.25) is 0 Å². The third kappa shape index (κ3) is 2.63. The second-order valence-electron chi connectivity index (χ2n) is 3.34. The molecular weight excluding hydrogens is 254 g/mol. The van der Waals surface area contributed by atoms with Crippen LogP contribution in [-0.4, -0.2) is 31.1 Å². The average molecular weight is 265 g/mol. The van der Waals surface area contributed by atoms with Crippen LogP contribution in [0.25, 0.3) is 0 Å². The van der Waals surface area contributed by atoms with Crippen molar-refractivity contribution in [3.8, 4) is 0 Å². The van der Waals surface area contributed by atoms with E-state index in [1.165, 1.54) is 11.8 Å². The van der Waals surface area contributed by atoms with E-state index in [0.29, 0.717) is 22.2 Å². The first-order valence-corrected chi connectivity index (χ1v) is 6.01. The van der Waals surface area contributed by atoms with Gasteiger partial charge in [0.15, 0.2) is 0 Å². The van der Waals surface area contributed by atoms with Crippen LogP contribution in [0.1, 0.15) is 16.1 Å². The number of nitrogens with zero attached hydrogens (tertiary/aromatic N) is 5. The highest BCUT2D eigenvalue weighted by Crippen LogP contribution is 2.20. The second kappa shape index (κ2) is 5.56. The summed E-state index contributed by atoms with van der Waals surface area (Å²) in [6.45, 7) is 0. The number of carbonyl (C=O) groups is 1. The number of tetrazole rings is 1. The third-order valence-electron chi connectivity index (χ3n) is 2.19. The minimum Gasteiger partial charge on any atom is -0.290 e. The molecule has 3 N–H and O–H groups in total. The van der Waals surface area contributed by atoms with Gasteiger partial charge in [0.2, 0.25) is 5.16 Å². The topological polar surface area (TPSA) is 112 Å². The fourth-order valence-electron chi connectivity index (χ4n) is 1.31. The average Bonchev–Trinajstić information content (AvgIpc) is 2.81. The SMILES string of the molecule is Cn1nnnc1SCc1ncccc1C(=O)NN. The van der Waals surface area contributed by atoms with Gasteiger partial charge in [-0.2, -0.15) is 0 Å². The van der Waals surface area contributed by atoms with Crippen LogP contribution in [0.5, 0.6) is 0 Å². The number of nitrogen functional groups attached to an aromatic ring is 1. The van der Waals surface area contributed by atoms with Crippen molar-refractivity contribution < 1.29 is 4.79 Å². The van der Waals surface area contributed by atoms with Crippen LogP contribution < -0.4 is 11.3 Å². The predicted octanol–water partition coefficient (Wildman–Crippen LogP) is -0.499. The zero-order valence-electron chi connectivity index (χ0n) is 9.57. The van der Waals surface area contributed by atoms with Crippen LogP contribution in [0.15, 0.2) is 23.5 Å². The van der Waals surface area contributed by atoms with Gasteiger partial charge in [-0.25, -0.2) is 10.5 Å². The molecule has 18 heavy (non-hydrogen) atoms. The molecule has 0 bridgehead atoms. The maximum atomic E-state index is 11.5. The van der Waals surface area contributed by atoms with E-state index in [2.05, 4.69) is 25.9 Å². The number of thioether (sulfide) groups is 1. The monoisotopic (exact) mass is 265 g/mol. The number of rotatable bonds is 4. The number of nitrogens with one attached hydrogen (secondary N) is 1. The quantitative estimate of drug-likeness (QED) is 0.332. The summed E-state index contributed by atoms with van der Waals surface area (Å²) in [7, 11) is 1.74. The lowest BCUT2D eigenvalue weighted by Gasteiger charge is -2.05. The molecule has 2 aromatic heterocycles. The number of hydrazine groups is 1. The van der Waals surface area contributed by atoms with Gasteiger partial charge in [0.1, 0.15) is 0 Å². The Morgan fingerprint density at radius 1 is 1.61 bits per heavy atom. The van der Waals surface area contributed by atoms with E-state index < -0.39 is 0 Å². The summed E-state index contributed by atoms with van der Waals surface area (Å²) < 4.78 is 1.55. The van der Waals surface area contributed by atoms with Gasteiger partial charge in [0.05, 0.1) is 11.3 Å². The van der Waals surface area contributed by atoms with Crippen LogP contribution in [0.3, 0.4) is 0 Å². The Labute approximate surface area is 107 Å². The lowest BCUT2D eigenvalue weighted by atomic mass is 10.2. The van der Waals surface area contributed by atoms with Crippen LogP contribution in [-0.2, 0) is 12.8 Å². The van der Waals surface area contributed by atoms with Gasteiger partial charge in [0, 0.05) is 19.0 Å². The molecule has 0 radical (unpaired) electrons. The molecule has 0 saturated heterocycles. The zero-order chi connectivity index (χ0) is 13.0. The summed E-state index contributed by atoms with van der Waals surface area (Å²) >= 11 is 1.39. The maximum Gasteiger partial charge on any atom is 0.267 e. The zero-order valence-corrected chi connectivity index (χ0v) is 10.4. The Balaban J connectivity index is 2.14. The van der Waals surface area contributed by atoms with Crippen LogP contribution in [0, 0.1) is 0 Å². The fourth-order valence-corrected chi connectivity index (χ4v) is 2.13. The number of pyridine rings is 1. The highest BCUT2D eigenvalue weighted by molar-refractivity contribution is 7.98. The van der Waals surface area contributed by atoms with E-state index in [1.807, 2.05) is 0 Å².